The molecule has 0 unspecified atom stereocenters. The van der Waals surface area contributed by atoms with Gasteiger partial charge in [-0.15, -0.1) is 11.6 Å². The molecule has 110 valence electrons. The van der Waals surface area contributed by atoms with Crippen molar-refractivity contribution in [2.24, 2.45) is 0 Å². The van der Waals surface area contributed by atoms with Gasteiger partial charge in [0, 0.05) is 12.6 Å². The van der Waals surface area contributed by atoms with Crippen LogP contribution in [0.5, 0.6) is 0 Å². The number of imidazole rings is 1. The van der Waals surface area contributed by atoms with Crippen LogP contribution in [0.25, 0.3) is 11.0 Å². The quantitative estimate of drug-likeness (QED) is 0.479. The van der Waals surface area contributed by atoms with Crippen LogP contribution in [0.2, 0.25) is 0 Å². The molecular weight excluding hydrogens is 275 g/mol. The largest absolute Gasteiger partial charge is 0.327 e. The van der Waals surface area contributed by atoms with E-state index >= 15 is 0 Å². The van der Waals surface area contributed by atoms with Crippen molar-refractivity contribution in [1.29, 1.82) is 0 Å². The number of fused-ring (bicyclic) bond motifs is 1. The standard InChI is InChI=1S/C16H22ClFN2/c1-2-3-4-5-6-7-10-20-15-9-8-13(18)11-14(15)19-16(20)12-17/h8-9,11H,2-7,10,12H2,1H3. The summed E-state index contributed by atoms with van der Waals surface area (Å²) in [5, 5.41) is 0. The van der Waals surface area contributed by atoms with E-state index in [-0.39, 0.29) is 5.82 Å². The van der Waals surface area contributed by atoms with Gasteiger partial charge in [0.05, 0.1) is 16.9 Å². The molecule has 0 aliphatic heterocycles. The molecule has 0 saturated heterocycles. The van der Waals surface area contributed by atoms with Crippen LogP contribution in [-0.2, 0) is 12.4 Å². The number of hydrogen-bond donors (Lipinski definition) is 0. The van der Waals surface area contributed by atoms with E-state index in [1.165, 1.54) is 44.2 Å². The maximum Gasteiger partial charge on any atom is 0.125 e. The summed E-state index contributed by atoms with van der Waals surface area (Å²) >= 11 is 5.95. The lowest BCUT2D eigenvalue weighted by Crippen LogP contribution is -2.02. The Bertz CT molecular complexity index is 551. The lowest BCUT2D eigenvalue weighted by molar-refractivity contribution is 0.557. The van der Waals surface area contributed by atoms with E-state index in [0.717, 1.165) is 24.3 Å². The Hall–Kier alpha value is -1.09. The van der Waals surface area contributed by atoms with E-state index in [9.17, 15) is 4.39 Å². The number of unbranched alkanes of at least 4 members (excludes halogenated alkanes) is 5. The second-order valence-electron chi connectivity index (χ2n) is 5.21. The van der Waals surface area contributed by atoms with Gasteiger partial charge in [0.2, 0.25) is 0 Å². The topological polar surface area (TPSA) is 17.8 Å². The molecule has 4 heteroatoms. The molecule has 0 aliphatic rings. The first-order valence-electron chi connectivity index (χ1n) is 7.47. The second kappa shape index (κ2) is 7.63. The van der Waals surface area contributed by atoms with E-state index in [2.05, 4.69) is 16.5 Å². The molecule has 0 atom stereocenters. The predicted octanol–water partition coefficient (Wildman–Crippen LogP) is 5.27. The lowest BCUT2D eigenvalue weighted by atomic mass is 10.1. The van der Waals surface area contributed by atoms with Crippen molar-refractivity contribution < 1.29 is 4.39 Å². The molecule has 0 radical (unpaired) electrons. The van der Waals surface area contributed by atoms with E-state index in [1.54, 1.807) is 6.07 Å². The molecule has 2 nitrogen and oxygen atoms in total. The number of rotatable bonds is 8. The third-order valence-electron chi connectivity index (χ3n) is 3.64. The monoisotopic (exact) mass is 296 g/mol. The Morgan fingerprint density at radius 3 is 2.65 bits per heavy atom. The first kappa shape index (κ1) is 15.3. The minimum atomic E-state index is -0.247. The summed E-state index contributed by atoms with van der Waals surface area (Å²) in [6.45, 7) is 3.14. The van der Waals surface area contributed by atoms with Crippen molar-refractivity contribution in [2.75, 3.05) is 0 Å². The van der Waals surface area contributed by atoms with Crippen molar-refractivity contribution in [3.05, 3.63) is 29.8 Å². The first-order chi connectivity index (χ1) is 9.76. The number of nitrogens with zero attached hydrogens (tertiary/aromatic N) is 2. The fourth-order valence-electron chi connectivity index (χ4n) is 2.55. The number of alkyl halides is 1. The number of hydrogen-bond acceptors (Lipinski definition) is 1. The lowest BCUT2D eigenvalue weighted by Gasteiger charge is -2.07. The Labute approximate surface area is 125 Å². The zero-order chi connectivity index (χ0) is 14.4. The molecule has 1 heterocycles. The van der Waals surface area contributed by atoms with Gasteiger partial charge in [0.15, 0.2) is 0 Å². The van der Waals surface area contributed by atoms with E-state index in [1.807, 2.05) is 0 Å². The molecule has 0 N–H and O–H groups in total. The minimum Gasteiger partial charge on any atom is -0.327 e. The normalized spacial score (nSPS) is 11.3. The first-order valence-corrected chi connectivity index (χ1v) is 8.00. The molecule has 0 fully saturated rings. The highest BCUT2D eigenvalue weighted by Gasteiger charge is 2.10. The SMILES string of the molecule is CCCCCCCCn1c(CCl)nc2cc(F)ccc21. The fourth-order valence-corrected chi connectivity index (χ4v) is 2.76. The summed E-state index contributed by atoms with van der Waals surface area (Å²) in [5.41, 5.74) is 1.68. The van der Waals surface area contributed by atoms with Gasteiger partial charge in [-0.3, -0.25) is 0 Å². The Balaban J connectivity index is 2.01. The molecule has 1 aromatic heterocycles. The summed E-state index contributed by atoms with van der Waals surface area (Å²) in [5.74, 6) is 0.954. The molecule has 0 bridgehead atoms. The van der Waals surface area contributed by atoms with Gasteiger partial charge >= 0.3 is 0 Å². The molecule has 20 heavy (non-hydrogen) atoms. The number of aryl methyl sites for hydroxylation is 1. The van der Waals surface area contributed by atoms with Crippen LogP contribution in [0.4, 0.5) is 4.39 Å². The van der Waals surface area contributed by atoms with Crippen LogP contribution in [0.3, 0.4) is 0 Å². The molecule has 1 aromatic carbocycles. The minimum absolute atomic E-state index is 0.247. The maximum absolute atomic E-state index is 13.2. The zero-order valence-electron chi connectivity index (χ0n) is 12.0. The molecule has 2 rings (SSSR count). The fraction of sp³-hybridized carbons (Fsp3) is 0.562. The molecule has 0 spiro atoms. The molecule has 0 aliphatic carbocycles. The molecule has 0 saturated carbocycles. The van der Waals surface area contributed by atoms with Gasteiger partial charge in [-0.2, -0.15) is 0 Å². The Morgan fingerprint density at radius 1 is 1.15 bits per heavy atom. The third-order valence-corrected chi connectivity index (χ3v) is 3.88. The van der Waals surface area contributed by atoms with Crippen molar-refractivity contribution >= 4 is 22.6 Å². The van der Waals surface area contributed by atoms with Crippen LogP contribution >= 0.6 is 11.6 Å². The summed E-state index contributed by atoms with van der Waals surface area (Å²) in [7, 11) is 0. The summed E-state index contributed by atoms with van der Waals surface area (Å²) in [6, 6.07) is 4.76. The number of benzene rings is 1. The van der Waals surface area contributed by atoms with Gasteiger partial charge in [-0.25, -0.2) is 9.37 Å². The van der Waals surface area contributed by atoms with Crippen molar-refractivity contribution in [3.63, 3.8) is 0 Å². The summed E-state index contributed by atoms with van der Waals surface area (Å²) in [4.78, 5) is 4.41. The highest BCUT2D eigenvalue weighted by molar-refractivity contribution is 6.16. The van der Waals surface area contributed by atoms with Gasteiger partial charge in [0.25, 0.3) is 0 Å². The number of halogens is 2. The van der Waals surface area contributed by atoms with Crippen LogP contribution in [-0.4, -0.2) is 9.55 Å². The van der Waals surface area contributed by atoms with E-state index < -0.39 is 0 Å². The van der Waals surface area contributed by atoms with Crippen LogP contribution in [0.1, 0.15) is 51.3 Å². The van der Waals surface area contributed by atoms with Crippen molar-refractivity contribution in [1.82, 2.24) is 9.55 Å². The molecule has 0 amide bonds. The average molecular weight is 297 g/mol. The predicted molar refractivity (Wildman–Crippen MR) is 82.6 cm³/mol. The molecule has 2 aromatic rings. The maximum atomic E-state index is 13.2. The second-order valence-corrected chi connectivity index (χ2v) is 5.48. The van der Waals surface area contributed by atoms with Gasteiger partial charge in [-0.05, 0) is 18.6 Å². The van der Waals surface area contributed by atoms with Crippen LogP contribution in [0.15, 0.2) is 18.2 Å². The van der Waals surface area contributed by atoms with Gasteiger partial charge < -0.3 is 4.57 Å². The molecular formula is C16H22ClFN2. The van der Waals surface area contributed by atoms with Crippen molar-refractivity contribution in [3.8, 4) is 0 Å². The van der Waals surface area contributed by atoms with Crippen molar-refractivity contribution in [2.45, 2.75) is 57.9 Å². The highest BCUT2D eigenvalue weighted by Crippen LogP contribution is 2.20. The summed E-state index contributed by atoms with van der Waals surface area (Å²) in [6.07, 6.45) is 7.54. The van der Waals surface area contributed by atoms with Gasteiger partial charge in [0.1, 0.15) is 11.6 Å². The highest BCUT2D eigenvalue weighted by atomic mass is 35.5. The van der Waals surface area contributed by atoms with Gasteiger partial charge in [-0.1, -0.05) is 39.0 Å². The Morgan fingerprint density at radius 2 is 1.90 bits per heavy atom. The zero-order valence-corrected chi connectivity index (χ0v) is 12.8. The van der Waals surface area contributed by atoms with Crippen LogP contribution < -0.4 is 0 Å². The van der Waals surface area contributed by atoms with E-state index in [4.69, 9.17) is 11.6 Å². The van der Waals surface area contributed by atoms with Crippen LogP contribution in [0, 0.1) is 5.82 Å². The Kier molecular flexibility index (Phi) is 5.84. The third kappa shape index (κ3) is 3.72. The average Bonchev–Trinajstić information content (AvgIpc) is 2.79. The van der Waals surface area contributed by atoms with E-state index in [0.29, 0.717) is 11.4 Å². The number of aromatic nitrogens is 2. The summed E-state index contributed by atoms with van der Waals surface area (Å²) < 4.78 is 15.4. The smallest absolute Gasteiger partial charge is 0.125 e.